The van der Waals surface area contributed by atoms with Gasteiger partial charge in [-0.25, -0.2) is 4.79 Å². The van der Waals surface area contributed by atoms with Gasteiger partial charge in [0.05, 0.1) is 17.7 Å². The van der Waals surface area contributed by atoms with Crippen LogP contribution in [0.4, 0.5) is 10.5 Å². The third-order valence-corrected chi connectivity index (χ3v) is 6.82. The lowest BCUT2D eigenvalue weighted by molar-refractivity contribution is -0.136. The van der Waals surface area contributed by atoms with E-state index in [0.717, 1.165) is 11.3 Å². The second-order valence-electron chi connectivity index (χ2n) is 11.2. The minimum absolute atomic E-state index is 0.0575. The number of nitrogens with zero attached hydrogens (tertiary/aromatic N) is 2. The first-order chi connectivity index (χ1) is 18.9. The van der Waals surface area contributed by atoms with Gasteiger partial charge in [-0.1, -0.05) is 6.07 Å². The van der Waals surface area contributed by atoms with E-state index in [4.69, 9.17) is 4.74 Å². The molecular weight excluding hydrogens is 520 g/mol. The van der Waals surface area contributed by atoms with Crippen LogP contribution in [-0.2, 0) is 19.1 Å². The summed E-state index contributed by atoms with van der Waals surface area (Å²) in [5.41, 5.74) is 0.307. The maximum absolute atomic E-state index is 13.1. The van der Waals surface area contributed by atoms with Crippen molar-refractivity contribution in [3.8, 4) is 0 Å². The average Bonchev–Trinajstić information content (AvgIpc) is 3.39. The molecule has 3 aliphatic heterocycles. The number of rotatable bonds is 9. The highest BCUT2D eigenvalue weighted by molar-refractivity contribution is 6.25. The number of ether oxygens (including phenoxy) is 1. The van der Waals surface area contributed by atoms with Gasteiger partial charge < -0.3 is 20.7 Å². The van der Waals surface area contributed by atoms with Gasteiger partial charge in [0.1, 0.15) is 11.6 Å². The fourth-order valence-corrected chi connectivity index (χ4v) is 5.03. The number of fused-ring (bicyclic) bond motifs is 1. The van der Waals surface area contributed by atoms with Crippen LogP contribution in [-0.4, -0.2) is 95.8 Å². The quantitative estimate of drug-likeness (QED) is 0.252. The maximum Gasteiger partial charge on any atom is 0.407 e. The van der Waals surface area contributed by atoms with Crippen LogP contribution in [0, 0.1) is 0 Å². The predicted molar refractivity (Wildman–Crippen MR) is 143 cm³/mol. The smallest absolute Gasteiger partial charge is 0.407 e. The number of alkyl carbamates (subject to hydrolysis) is 1. The van der Waals surface area contributed by atoms with Crippen LogP contribution in [0.3, 0.4) is 0 Å². The largest absolute Gasteiger partial charge is 0.444 e. The number of imide groups is 2. The van der Waals surface area contributed by atoms with Gasteiger partial charge in [0, 0.05) is 44.3 Å². The Morgan fingerprint density at radius 2 is 1.85 bits per heavy atom. The van der Waals surface area contributed by atoms with Crippen molar-refractivity contribution in [2.24, 2.45) is 0 Å². The molecule has 0 saturated carbocycles. The zero-order valence-electron chi connectivity index (χ0n) is 23.0. The Bertz CT molecular complexity index is 1210. The topological polar surface area (TPSA) is 166 Å². The highest BCUT2D eigenvalue weighted by Gasteiger charge is 2.45. The molecule has 13 heteroatoms. The van der Waals surface area contributed by atoms with Crippen LogP contribution in [0.5, 0.6) is 0 Å². The first kappa shape index (κ1) is 29.0. The summed E-state index contributed by atoms with van der Waals surface area (Å²) < 4.78 is 5.28. The van der Waals surface area contributed by atoms with E-state index in [2.05, 4.69) is 21.3 Å². The molecule has 2 atom stereocenters. The molecule has 1 unspecified atom stereocenters. The summed E-state index contributed by atoms with van der Waals surface area (Å²) in [5, 5.41) is 11.1. The van der Waals surface area contributed by atoms with Gasteiger partial charge in [0.15, 0.2) is 0 Å². The van der Waals surface area contributed by atoms with E-state index in [1.165, 1.54) is 0 Å². The summed E-state index contributed by atoms with van der Waals surface area (Å²) in [6, 6.07) is 3.79. The van der Waals surface area contributed by atoms with E-state index in [9.17, 15) is 28.8 Å². The average molecular weight is 557 g/mol. The molecule has 40 heavy (non-hydrogen) atoms. The molecule has 3 aliphatic rings. The zero-order chi connectivity index (χ0) is 29.0. The number of hydrogen-bond donors (Lipinski definition) is 4. The number of carbonyl (C=O) groups is 6. The maximum atomic E-state index is 13.1. The molecule has 13 nitrogen and oxygen atoms in total. The van der Waals surface area contributed by atoms with E-state index in [0.29, 0.717) is 38.3 Å². The van der Waals surface area contributed by atoms with Gasteiger partial charge in [-0.2, -0.15) is 0 Å². The lowest BCUT2D eigenvalue weighted by atomic mass is 10.0. The van der Waals surface area contributed by atoms with E-state index in [1.807, 2.05) is 4.90 Å². The normalized spacial score (nSPS) is 21.2. The van der Waals surface area contributed by atoms with Crippen LogP contribution < -0.4 is 21.3 Å². The van der Waals surface area contributed by atoms with Gasteiger partial charge in [-0.15, -0.1) is 0 Å². The Morgan fingerprint density at radius 1 is 1.07 bits per heavy atom. The third-order valence-electron chi connectivity index (χ3n) is 6.82. The van der Waals surface area contributed by atoms with Gasteiger partial charge >= 0.3 is 6.09 Å². The van der Waals surface area contributed by atoms with Crippen LogP contribution >= 0.6 is 0 Å². The minimum Gasteiger partial charge on any atom is -0.444 e. The second kappa shape index (κ2) is 12.0. The van der Waals surface area contributed by atoms with E-state index in [1.54, 1.807) is 39.0 Å². The van der Waals surface area contributed by atoms with Crippen molar-refractivity contribution in [3.05, 3.63) is 29.3 Å². The number of hydrogen-bond acceptors (Lipinski definition) is 9. The summed E-state index contributed by atoms with van der Waals surface area (Å²) >= 11 is 0. The molecule has 2 saturated heterocycles. The number of nitrogens with one attached hydrogen (secondary N) is 4. The Labute approximate surface area is 232 Å². The fraction of sp³-hybridized carbons (Fsp3) is 0.556. The number of likely N-dealkylation sites (tertiary alicyclic amines) is 1. The summed E-state index contributed by atoms with van der Waals surface area (Å²) in [7, 11) is 0. The number of benzene rings is 1. The van der Waals surface area contributed by atoms with Crippen molar-refractivity contribution in [3.63, 3.8) is 0 Å². The molecule has 6 amide bonds. The molecule has 4 N–H and O–H groups in total. The monoisotopic (exact) mass is 556 g/mol. The van der Waals surface area contributed by atoms with Crippen molar-refractivity contribution < 1.29 is 33.5 Å². The molecule has 0 spiro atoms. The first-order valence-corrected chi connectivity index (χ1v) is 13.5. The van der Waals surface area contributed by atoms with Crippen LogP contribution in [0.1, 0.15) is 67.2 Å². The van der Waals surface area contributed by atoms with Gasteiger partial charge in [0.2, 0.25) is 17.7 Å². The summed E-state index contributed by atoms with van der Waals surface area (Å²) in [4.78, 5) is 77.1. The van der Waals surface area contributed by atoms with Crippen LogP contribution in [0.15, 0.2) is 18.2 Å². The lowest BCUT2D eigenvalue weighted by Gasteiger charge is -2.27. The number of piperidine rings is 1. The molecule has 0 bridgehead atoms. The van der Waals surface area contributed by atoms with Gasteiger partial charge in [0.25, 0.3) is 11.8 Å². The summed E-state index contributed by atoms with van der Waals surface area (Å²) in [6.45, 7) is 7.73. The molecule has 4 rings (SSSR count). The number of anilines is 1. The fourth-order valence-electron chi connectivity index (χ4n) is 5.03. The minimum atomic E-state index is -1.02. The highest BCUT2D eigenvalue weighted by atomic mass is 16.6. The summed E-state index contributed by atoms with van der Waals surface area (Å²) in [6.07, 6.45) is 0.992. The standard InChI is InChI=1S/C27H36N6O7/c1-27(2,3)40-26(39)30-16-10-13-32(14-16)15-21(35)29-12-5-11-28-18-7-4-6-17-22(18)25(38)33(24(17)37)19-8-9-20(34)31-23(19)36/h4,6-7,16,19,28H,5,8-15H2,1-3H3,(H,29,35)(H,30,39)(H,31,34,36)/t16-,19?/m0/s1. The lowest BCUT2D eigenvalue weighted by Crippen LogP contribution is -2.54. The Balaban J connectivity index is 1.20. The Morgan fingerprint density at radius 3 is 2.58 bits per heavy atom. The van der Waals surface area contributed by atoms with Crippen molar-refractivity contribution >= 4 is 41.3 Å². The van der Waals surface area contributed by atoms with Crippen LogP contribution in [0.25, 0.3) is 0 Å². The SMILES string of the molecule is CC(C)(C)OC(=O)N[C@H]1CCN(CC(=O)NCCCNc2cccc3c2C(=O)N(C2CCC(=O)NC2=O)C3=O)C1. The molecule has 3 heterocycles. The molecule has 2 fully saturated rings. The first-order valence-electron chi connectivity index (χ1n) is 13.5. The second-order valence-corrected chi connectivity index (χ2v) is 11.2. The Hall–Kier alpha value is -4.00. The molecular formula is C27H36N6O7. The Kier molecular flexibility index (Phi) is 8.72. The van der Waals surface area contributed by atoms with Crippen LogP contribution in [0.2, 0.25) is 0 Å². The van der Waals surface area contributed by atoms with E-state index < -0.39 is 41.4 Å². The molecule has 216 valence electrons. The molecule has 0 aliphatic carbocycles. The molecule has 0 aromatic heterocycles. The van der Waals surface area contributed by atoms with Gasteiger partial charge in [-0.05, 0) is 52.2 Å². The van der Waals surface area contributed by atoms with E-state index in [-0.39, 0.29) is 42.5 Å². The van der Waals surface area contributed by atoms with Crippen molar-refractivity contribution in [1.29, 1.82) is 0 Å². The predicted octanol–water partition coefficient (Wildman–Crippen LogP) is 0.605. The third kappa shape index (κ3) is 6.95. The zero-order valence-corrected chi connectivity index (χ0v) is 23.0. The number of carbonyl (C=O) groups excluding carboxylic acids is 6. The molecule has 1 aromatic carbocycles. The highest BCUT2D eigenvalue weighted by Crippen LogP contribution is 2.32. The summed E-state index contributed by atoms with van der Waals surface area (Å²) in [5.74, 6) is -2.34. The van der Waals surface area contributed by atoms with Crippen molar-refractivity contribution in [2.75, 3.05) is 38.0 Å². The van der Waals surface area contributed by atoms with Crippen molar-refractivity contribution in [2.45, 2.75) is 64.1 Å². The van der Waals surface area contributed by atoms with E-state index >= 15 is 0 Å². The van der Waals surface area contributed by atoms with Gasteiger partial charge in [-0.3, -0.25) is 39.1 Å². The number of amides is 6. The molecule has 0 radical (unpaired) electrons. The van der Waals surface area contributed by atoms with Crippen molar-refractivity contribution in [1.82, 2.24) is 25.8 Å². The molecule has 1 aromatic rings.